The van der Waals surface area contributed by atoms with Crippen LogP contribution in [-0.4, -0.2) is 18.6 Å². The average Bonchev–Trinajstić information content (AvgIpc) is 2.29. The van der Waals surface area contributed by atoms with Crippen molar-refractivity contribution in [2.75, 3.05) is 6.61 Å². The molecule has 0 spiro atoms. The van der Waals surface area contributed by atoms with Crippen LogP contribution < -0.4 is 11.1 Å². The van der Waals surface area contributed by atoms with Crippen LogP contribution in [0.1, 0.15) is 24.1 Å². The van der Waals surface area contributed by atoms with E-state index in [2.05, 4.69) is 11.4 Å². The number of carbonyl (C=O) groups is 1. The van der Waals surface area contributed by atoms with Crippen molar-refractivity contribution in [1.29, 1.82) is 0 Å². The molecule has 2 rings (SSSR count). The molecule has 1 heterocycles. The summed E-state index contributed by atoms with van der Waals surface area (Å²) in [7, 11) is 0. The number of nitrogens with two attached hydrogens (primary N) is 1. The van der Waals surface area contributed by atoms with Gasteiger partial charge in [-0.25, -0.2) is 0 Å². The van der Waals surface area contributed by atoms with Crippen molar-refractivity contribution in [1.82, 2.24) is 5.32 Å². The van der Waals surface area contributed by atoms with Crippen LogP contribution in [0.3, 0.4) is 0 Å². The van der Waals surface area contributed by atoms with Crippen molar-refractivity contribution < 1.29 is 9.53 Å². The molecule has 4 nitrogen and oxygen atoms in total. The summed E-state index contributed by atoms with van der Waals surface area (Å²) in [5, 5.41) is 3.17. The lowest BCUT2D eigenvalue weighted by Gasteiger charge is -2.28. The third kappa shape index (κ3) is 2.23. The van der Waals surface area contributed by atoms with Crippen LogP contribution in [0, 0.1) is 0 Å². The van der Waals surface area contributed by atoms with E-state index in [0.717, 1.165) is 0 Å². The minimum absolute atomic E-state index is 0.0486. The molecule has 1 aliphatic heterocycles. The third-order valence-electron chi connectivity index (χ3n) is 2.85. The van der Waals surface area contributed by atoms with Crippen molar-refractivity contribution in [2.45, 2.75) is 25.6 Å². The second-order valence-electron chi connectivity index (χ2n) is 4.06. The number of nitrogens with one attached hydrogen (secondary N) is 1. The van der Waals surface area contributed by atoms with Crippen LogP contribution in [0.5, 0.6) is 0 Å². The molecule has 0 aliphatic carbocycles. The summed E-state index contributed by atoms with van der Waals surface area (Å²) in [4.78, 5) is 11.0. The third-order valence-corrected chi connectivity index (χ3v) is 2.85. The molecule has 0 saturated heterocycles. The lowest BCUT2D eigenvalue weighted by atomic mass is 9.98. The molecule has 1 aromatic carbocycles. The number of carbonyl (C=O) groups excluding carboxylic acids is 1. The first-order chi connectivity index (χ1) is 7.68. The maximum Gasteiger partial charge on any atom is 0.234 e. The fourth-order valence-corrected chi connectivity index (χ4v) is 1.90. The highest BCUT2D eigenvalue weighted by atomic mass is 16.5. The van der Waals surface area contributed by atoms with Gasteiger partial charge in [0.05, 0.1) is 25.3 Å². The number of amides is 1. The molecular formula is C12H16N2O2. The van der Waals surface area contributed by atoms with Crippen LogP contribution in [0.4, 0.5) is 0 Å². The van der Waals surface area contributed by atoms with Crippen LogP contribution in [0.25, 0.3) is 0 Å². The number of ether oxygens (including phenoxy) is 1. The standard InChI is InChI=1S/C12H16N2O2/c1-8(12(13)15)14-11-7-16-6-9-4-2-3-5-10(9)11/h2-5,8,11,14H,6-7H2,1H3,(H2,13,15). The first-order valence-corrected chi connectivity index (χ1v) is 5.39. The topological polar surface area (TPSA) is 64.3 Å². The number of hydrogen-bond acceptors (Lipinski definition) is 3. The lowest BCUT2D eigenvalue weighted by molar-refractivity contribution is -0.120. The summed E-state index contributed by atoms with van der Waals surface area (Å²) >= 11 is 0. The summed E-state index contributed by atoms with van der Waals surface area (Å²) in [6.07, 6.45) is 0. The molecule has 2 unspecified atom stereocenters. The molecule has 0 aromatic heterocycles. The van der Waals surface area contributed by atoms with Crippen molar-refractivity contribution in [3.63, 3.8) is 0 Å². The summed E-state index contributed by atoms with van der Waals surface area (Å²) in [5.74, 6) is -0.344. The zero-order chi connectivity index (χ0) is 11.5. The van der Waals surface area contributed by atoms with Gasteiger partial charge in [0.25, 0.3) is 0 Å². The molecule has 4 heteroatoms. The van der Waals surface area contributed by atoms with E-state index in [-0.39, 0.29) is 18.0 Å². The Morgan fingerprint density at radius 3 is 3.06 bits per heavy atom. The lowest BCUT2D eigenvalue weighted by Crippen LogP contribution is -2.43. The van der Waals surface area contributed by atoms with Crippen molar-refractivity contribution >= 4 is 5.91 Å². The Morgan fingerprint density at radius 2 is 2.31 bits per heavy atom. The number of primary amides is 1. The highest BCUT2D eigenvalue weighted by Gasteiger charge is 2.22. The van der Waals surface area contributed by atoms with E-state index in [1.807, 2.05) is 18.2 Å². The fraction of sp³-hybridized carbons (Fsp3) is 0.417. The second-order valence-corrected chi connectivity index (χ2v) is 4.06. The Kier molecular flexibility index (Phi) is 3.22. The largest absolute Gasteiger partial charge is 0.375 e. The average molecular weight is 220 g/mol. The molecule has 1 aromatic rings. The van der Waals surface area contributed by atoms with Gasteiger partial charge in [-0.1, -0.05) is 24.3 Å². The van der Waals surface area contributed by atoms with Gasteiger partial charge in [-0.15, -0.1) is 0 Å². The van der Waals surface area contributed by atoms with Gasteiger partial charge in [-0.05, 0) is 18.1 Å². The van der Waals surface area contributed by atoms with E-state index >= 15 is 0 Å². The Labute approximate surface area is 94.8 Å². The first-order valence-electron chi connectivity index (χ1n) is 5.39. The van der Waals surface area contributed by atoms with Crippen LogP contribution in [-0.2, 0) is 16.1 Å². The summed E-state index contributed by atoms with van der Waals surface area (Å²) < 4.78 is 5.47. The minimum Gasteiger partial charge on any atom is -0.375 e. The summed E-state index contributed by atoms with van der Waals surface area (Å²) in [6.45, 7) is 2.98. The number of fused-ring (bicyclic) bond motifs is 1. The van der Waals surface area contributed by atoms with Crippen LogP contribution in [0.2, 0.25) is 0 Å². The normalized spacial score (nSPS) is 21.2. The maximum absolute atomic E-state index is 11.0. The zero-order valence-corrected chi connectivity index (χ0v) is 9.27. The smallest absolute Gasteiger partial charge is 0.234 e. The van der Waals surface area contributed by atoms with Crippen molar-refractivity contribution in [2.24, 2.45) is 5.73 Å². The Bertz CT molecular complexity index is 392. The molecule has 86 valence electrons. The van der Waals surface area contributed by atoms with Gasteiger partial charge >= 0.3 is 0 Å². The fourth-order valence-electron chi connectivity index (χ4n) is 1.90. The molecule has 0 bridgehead atoms. The van der Waals surface area contributed by atoms with E-state index in [4.69, 9.17) is 10.5 Å². The number of benzene rings is 1. The Morgan fingerprint density at radius 1 is 1.56 bits per heavy atom. The summed E-state index contributed by atoms with van der Waals surface area (Å²) in [5.41, 5.74) is 7.60. The molecule has 2 atom stereocenters. The predicted octanol–water partition coefficient (Wildman–Crippen LogP) is 0.721. The van der Waals surface area contributed by atoms with E-state index in [0.29, 0.717) is 13.2 Å². The Hall–Kier alpha value is -1.39. The van der Waals surface area contributed by atoms with Gasteiger partial charge in [-0.3, -0.25) is 10.1 Å². The van der Waals surface area contributed by atoms with Crippen LogP contribution in [0.15, 0.2) is 24.3 Å². The van der Waals surface area contributed by atoms with E-state index in [9.17, 15) is 4.79 Å². The summed E-state index contributed by atoms with van der Waals surface area (Å²) in [6, 6.07) is 7.78. The van der Waals surface area contributed by atoms with Gasteiger partial charge in [0.1, 0.15) is 0 Å². The van der Waals surface area contributed by atoms with Gasteiger partial charge in [-0.2, -0.15) is 0 Å². The predicted molar refractivity (Wildman–Crippen MR) is 60.6 cm³/mol. The van der Waals surface area contributed by atoms with Gasteiger partial charge < -0.3 is 10.5 Å². The first kappa shape index (κ1) is 11.1. The highest BCUT2D eigenvalue weighted by Crippen LogP contribution is 2.24. The van der Waals surface area contributed by atoms with E-state index in [1.54, 1.807) is 6.92 Å². The maximum atomic E-state index is 11.0. The number of rotatable bonds is 3. The number of hydrogen-bond donors (Lipinski definition) is 2. The van der Waals surface area contributed by atoms with E-state index < -0.39 is 0 Å². The van der Waals surface area contributed by atoms with Gasteiger partial charge in [0.15, 0.2) is 0 Å². The molecule has 1 aliphatic rings. The quantitative estimate of drug-likeness (QED) is 0.789. The van der Waals surface area contributed by atoms with Crippen molar-refractivity contribution in [3.05, 3.63) is 35.4 Å². The molecule has 0 radical (unpaired) electrons. The molecule has 16 heavy (non-hydrogen) atoms. The molecule has 1 amide bonds. The van der Waals surface area contributed by atoms with Gasteiger partial charge in [0, 0.05) is 0 Å². The SMILES string of the molecule is CC(NC1COCc2ccccc21)C(N)=O. The minimum atomic E-state index is -0.347. The zero-order valence-electron chi connectivity index (χ0n) is 9.27. The monoisotopic (exact) mass is 220 g/mol. The molecule has 0 fully saturated rings. The molecule has 3 N–H and O–H groups in total. The van der Waals surface area contributed by atoms with Crippen LogP contribution >= 0.6 is 0 Å². The Balaban J connectivity index is 2.16. The van der Waals surface area contributed by atoms with Gasteiger partial charge in [0.2, 0.25) is 5.91 Å². The molecule has 0 saturated carbocycles. The van der Waals surface area contributed by atoms with Crippen molar-refractivity contribution in [3.8, 4) is 0 Å². The highest BCUT2D eigenvalue weighted by molar-refractivity contribution is 5.79. The second kappa shape index (κ2) is 4.63. The van der Waals surface area contributed by atoms with E-state index in [1.165, 1.54) is 11.1 Å². The molecular weight excluding hydrogens is 204 g/mol.